The summed E-state index contributed by atoms with van der Waals surface area (Å²) >= 11 is 0. The highest BCUT2D eigenvalue weighted by Gasteiger charge is 2.45. The van der Waals surface area contributed by atoms with Crippen molar-refractivity contribution in [1.29, 1.82) is 5.26 Å². The summed E-state index contributed by atoms with van der Waals surface area (Å²) in [6.07, 6.45) is 2.71. The molecule has 0 spiro atoms. The summed E-state index contributed by atoms with van der Waals surface area (Å²) in [7, 11) is 0. The normalized spacial score (nSPS) is 18.7. The van der Waals surface area contributed by atoms with E-state index in [-0.39, 0.29) is 30.0 Å². The van der Waals surface area contributed by atoms with Crippen LogP contribution in [-0.4, -0.2) is 22.3 Å². The summed E-state index contributed by atoms with van der Waals surface area (Å²) in [5, 5.41) is 8.83. The average molecular weight is 323 g/mol. The van der Waals surface area contributed by atoms with Gasteiger partial charge in [-0.2, -0.15) is 5.26 Å². The Bertz CT molecular complexity index is 757. The minimum atomic E-state index is -0.277. The van der Waals surface area contributed by atoms with Crippen molar-refractivity contribution in [3.8, 4) is 6.07 Å². The molecule has 0 saturated heterocycles. The molecule has 0 unspecified atom stereocenters. The van der Waals surface area contributed by atoms with Crippen molar-refractivity contribution in [2.75, 3.05) is 6.54 Å². The van der Waals surface area contributed by atoms with E-state index in [9.17, 15) is 9.18 Å². The fourth-order valence-corrected chi connectivity index (χ4v) is 2.95. The molecule has 0 bridgehead atoms. The van der Waals surface area contributed by atoms with Gasteiger partial charge in [0.15, 0.2) is 0 Å². The zero-order chi connectivity index (χ0) is 16.9. The zero-order valence-electron chi connectivity index (χ0n) is 13.2. The molecule has 1 heterocycles. The summed E-state index contributed by atoms with van der Waals surface area (Å²) < 4.78 is 13.4. The van der Waals surface area contributed by atoms with Gasteiger partial charge in [0.1, 0.15) is 5.82 Å². The van der Waals surface area contributed by atoms with Crippen LogP contribution in [0.3, 0.4) is 0 Å². The molecule has 4 nitrogen and oxygen atoms in total. The maximum Gasteiger partial charge on any atom is 0.226 e. The maximum atomic E-state index is 13.4. The smallest absolute Gasteiger partial charge is 0.226 e. The van der Waals surface area contributed by atoms with E-state index in [1.807, 2.05) is 24.3 Å². The lowest BCUT2D eigenvalue weighted by Gasteiger charge is -2.21. The van der Waals surface area contributed by atoms with Crippen molar-refractivity contribution >= 4 is 5.91 Å². The van der Waals surface area contributed by atoms with E-state index in [1.165, 1.54) is 12.1 Å². The van der Waals surface area contributed by atoms with Crippen LogP contribution < -0.4 is 0 Å². The van der Waals surface area contributed by atoms with Crippen molar-refractivity contribution in [2.24, 2.45) is 5.92 Å². The number of pyridine rings is 1. The van der Waals surface area contributed by atoms with E-state index in [4.69, 9.17) is 5.26 Å². The number of nitrogens with zero attached hydrogens (tertiary/aromatic N) is 3. The fraction of sp³-hybridized carbons (Fsp3) is 0.316. The van der Waals surface area contributed by atoms with Gasteiger partial charge < -0.3 is 4.90 Å². The van der Waals surface area contributed by atoms with Crippen LogP contribution in [-0.2, 0) is 11.3 Å². The molecule has 0 radical (unpaired) electrons. The van der Waals surface area contributed by atoms with Gasteiger partial charge in [0.05, 0.1) is 24.7 Å². The van der Waals surface area contributed by atoms with Crippen molar-refractivity contribution in [3.63, 3.8) is 0 Å². The molecule has 1 amide bonds. The van der Waals surface area contributed by atoms with E-state index < -0.39 is 0 Å². The Hall–Kier alpha value is -2.74. The first-order valence-electron chi connectivity index (χ1n) is 8.00. The topological polar surface area (TPSA) is 57.0 Å². The molecule has 24 heavy (non-hydrogen) atoms. The molecule has 0 N–H and O–H groups in total. The van der Waals surface area contributed by atoms with Crippen LogP contribution in [0.15, 0.2) is 48.7 Å². The average Bonchev–Trinajstić information content (AvgIpc) is 3.39. The van der Waals surface area contributed by atoms with Crippen LogP contribution >= 0.6 is 0 Å². The fourth-order valence-electron chi connectivity index (χ4n) is 2.95. The quantitative estimate of drug-likeness (QED) is 0.820. The van der Waals surface area contributed by atoms with Gasteiger partial charge in [-0.25, -0.2) is 4.39 Å². The van der Waals surface area contributed by atoms with Gasteiger partial charge in [0, 0.05) is 18.7 Å². The molecule has 1 aromatic heterocycles. The van der Waals surface area contributed by atoms with Gasteiger partial charge in [0.25, 0.3) is 0 Å². The second-order valence-corrected chi connectivity index (χ2v) is 5.99. The van der Waals surface area contributed by atoms with E-state index >= 15 is 0 Å². The number of benzene rings is 1. The van der Waals surface area contributed by atoms with E-state index in [0.717, 1.165) is 17.7 Å². The molecule has 5 heteroatoms. The van der Waals surface area contributed by atoms with Crippen LogP contribution in [0.1, 0.15) is 30.0 Å². The zero-order valence-corrected chi connectivity index (χ0v) is 13.2. The van der Waals surface area contributed by atoms with Crippen LogP contribution in [0.4, 0.5) is 4.39 Å². The Morgan fingerprint density at radius 3 is 2.92 bits per heavy atom. The third-order valence-electron chi connectivity index (χ3n) is 4.27. The lowest BCUT2D eigenvalue weighted by molar-refractivity contribution is -0.133. The lowest BCUT2D eigenvalue weighted by Crippen LogP contribution is -2.33. The number of amides is 1. The molecular formula is C19H18FN3O. The highest BCUT2D eigenvalue weighted by atomic mass is 19.1. The first-order valence-corrected chi connectivity index (χ1v) is 8.00. The minimum absolute atomic E-state index is 0.0187. The third-order valence-corrected chi connectivity index (χ3v) is 4.27. The number of halogens is 1. The van der Waals surface area contributed by atoms with Crippen LogP contribution in [0, 0.1) is 23.1 Å². The highest BCUT2D eigenvalue weighted by Crippen LogP contribution is 2.48. The van der Waals surface area contributed by atoms with Crippen molar-refractivity contribution in [1.82, 2.24) is 9.88 Å². The second kappa shape index (κ2) is 7.22. The highest BCUT2D eigenvalue weighted by molar-refractivity contribution is 5.83. The number of rotatable bonds is 6. The summed E-state index contributed by atoms with van der Waals surface area (Å²) in [5.41, 5.74) is 1.66. The van der Waals surface area contributed by atoms with Gasteiger partial charge in [0.2, 0.25) is 5.91 Å². The second-order valence-electron chi connectivity index (χ2n) is 5.99. The molecular weight excluding hydrogens is 305 g/mol. The molecule has 1 saturated carbocycles. The van der Waals surface area contributed by atoms with Gasteiger partial charge in [-0.15, -0.1) is 0 Å². The standard InChI is InChI=1S/C19H18FN3O/c20-15-6-3-5-14(11-15)17-12-18(17)19(24)23(10-4-8-21)13-16-7-1-2-9-22-16/h1-3,5-7,9,11,17-18H,4,10,12-13H2/t17-,18+/m0/s1. The van der Waals surface area contributed by atoms with E-state index in [0.29, 0.717) is 13.1 Å². The minimum Gasteiger partial charge on any atom is -0.336 e. The van der Waals surface area contributed by atoms with Crippen LogP contribution in [0.5, 0.6) is 0 Å². The predicted octanol–water partition coefficient (Wildman–Crippen LogP) is 3.27. The maximum absolute atomic E-state index is 13.4. The molecule has 2 aromatic rings. The van der Waals surface area contributed by atoms with Crippen molar-refractivity contribution < 1.29 is 9.18 Å². The molecule has 1 aliphatic rings. The van der Waals surface area contributed by atoms with E-state index in [1.54, 1.807) is 17.2 Å². The Kier molecular flexibility index (Phi) is 4.85. The number of hydrogen-bond acceptors (Lipinski definition) is 3. The van der Waals surface area contributed by atoms with Gasteiger partial charge in [-0.05, 0) is 42.2 Å². The Morgan fingerprint density at radius 1 is 1.33 bits per heavy atom. The van der Waals surface area contributed by atoms with Gasteiger partial charge in [-0.3, -0.25) is 9.78 Å². The van der Waals surface area contributed by atoms with Gasteiger partial charge in [-0.1, -0.05) is 18.2 Å². The molecule has 1 fully saturated rings. The lowest BCUT2D eigenvalue weighted by atomic mass is 10.1. The SMILES string of the molecule is N#CCCN(Cc1ccccn1)C(=O)[C@@H]1C[C@H]1c1cccc(F)c1. The predicted molar refractivity (Wildman–Crippen MR) is 87.1 cm³/mol. The summed E-state index contributed by atoms with van der Waals surface area (Å²) in [6.45, 7) is 0.784. The number of aromatic nitrogens is 1. The number of carbonyl (C=O) groups is 1. The van der Waals surface area contributed by atoms with E-state index in [2.05, 4.69) is 11.1 Å². The first-order chi connectivity index (χ1) is 11.7. The van der Waals surface area contributed by atoms with Crippen LogP contribution in [0.25, 0.3) is 0 Å². The van der Waals surface area contributed by atoms with Crippen molar-refractivity contribution in [2.45, 2.75) is 25.3 Å². The van der Waals surface area contributed by atoms with Crippen molar-refractivity contribution in [3.05, 3.63) is 65.7 Å². The summed E-state index contributed by atoms with van der Waals surface area (Å²) in [4.78, 5) is 18.7. The Balaban J connectivity index is 1.69. The molecule has 2 atom stereocenters. The molecule has 1 aliphatic carbocycles. The number of nitriles is 1. The molecule has 1 aromatic carbocycles. The van der Waals surface area contributed by atoms with Gasteiger partial charge >= 0.3 is 0 Å². The number of hydrogen-bond donors (Lipinski definition) is 0. The monoisotopic (exact) mass is 323 g/mol. The third kappa shape index (κ3) is 3.77. The summed E-state index contributed by atoms with van der Waals surface area (Å²) in [6, 6.07) is 14.1. The molecule has 122 valence electrons. The molecule has 0 aliphatic heterocycles. The Labute approximate surface area is 140 Å². The van der Waals surface area contributed by atoms with Crippen LogP contribution in [0.2, 0.25) is 0 Å². The largest absolute Gasteiger partial charge is 0.336 e. The molecule has 3 rings (SSSR count). The summed E-state index contributed by atoms with van der Waals surface area (Å²) in [5.74, 6) is -0.318. The Morgan fingerprint density at radius 2 is 2.21 bits per heavy atom. The first kappa shape index (κ1) is 16.1. The number of carbonyl (C=O) groups excluding carboxylic acids is 1.